The van der Waals surface area contributed by atoms with Gasteiger partial charge < -0.3 is 20.1 Å². The molecule has 0 spiro atoms. The minimum Gasteiger partial charge on any atom is -0.385 e. The molecule has 0 aliphatic carbocycles. The van der Waals surface area contributed by atoms with Crippen molar-refractivity contribution in [2.45, 2.75) is 26.8 Å². The lowest BCUT2D eigenvalue weighted by molar-refractivity contribution is 0.0785. The van der Waals surface area contributed by atoms with E-state index >= 15 is 0 Å². The minimum absolute atomic E-state index is 0.0765. The first-order valence-corrected chi connectivity index (χ1v) is 11.2. The number of rotatable bonds is 8. The van der Waals surface area contributed by atoms with Gasteiger partial charge in [-0.1, -0.05) is 30.3 Å². The Morgan fingerprint density at radius 2 is 2.00 bits per heavy atom. The standard InChI is InChI=1S/C25H26N6O2/c1-3-9-26-20-7-6-19-15-31(25(32)22(19)14-20)12-11-28-24-21-13-18(23-29-16(2)33-30-23)5-4-17(21)8-10-27-24/h4-8,10,13-14,26H,3,9,11-12,15H2,1-2H3,(H,27,28). The largest absolute Gasteiger partial charge is 0.385 e. The van der Waals surface area contributed by atoms with Crippen LogP contribution in [0.3, 0.4) is 0 Å². The second-order valence-electron chi connectivity index (χ2n) is 8.18. The zero-order valence-electron chi connectivity index (χ0n) is 18.8. The van der Waals surface area contributed by atoms with Crippen LogP contribution < -0.4 is 10.6 Å². The van der Waals surface area contributed by atoms with Crippen molar-refractivity contribution in [3.63, 3.8) is 0 Å². The van der Waals surface area contributed by atoms with E-state index in [4.69, 9.17) is 4.52 Å². The molecule has 0 fully saturated rings. The van der Waals surface area contributed by atoms with Crippen molar-refractivity contribution in [3.05, 3.63) is 65.7 Å². The maximum Gasteiger partial charge on any atom is 0.254 e. The average molecular weight is 443 g/mol. The summed E-state index contributed by atoms with van der Waals surface area (Å²) < 4.78 is 5.11. The Hall–Kier alpha value is -3.94. The van der Waals surface area contributed by atoms with E-state index < -0.39 is 0 Å². The fourth-order valence-corrected chi connectivity index (χ4v) is 4.10. The topological polar surface area (TPSA) is 96.2 Å². The highest BCUT2D eigenvalue weighted by atomic mass is 16.5. The molecule has 5 rings (SSSR count). The molecule has 33 heavy (non-hydrogen) atoms. The van der Waals surface area contributed by atoms with Crippen molar-refractivity contribution in [1.29, 1.82) is 0 Å². The van der Waals surface area contributed by atoms with Gasteiger partial charge in [-0.2, -0.15) is 4.98 Å². The van der Waals surface area contributed by atoms with Gasteiger partial charge in [0, 0.05) is 61.5 Å². The van der Waals surface area contributed by atoms with E-state index in [9.17, 15) is 4.79 Å². The summed E-state index contributed by atoms with van der Waals surface area (Å²) in [6.45, 7) is 6.61. The molecule has 0 unspecified atom stereocenters. The number of carbonyl (C=O) groups excluding carboxylic acids is 1. The molecule has 1 aliphatic rings. The second kappa shape index (κ2) is 8.90. The van der Waals surface area contributed by atoms with Gasteiger partial charge in [0.25, 0.3) is 5.91 Å². The molecular formula is C25H26N6O2. The summed E-state index contributed by atoms with van der Waals surface area (Å²) >= 11 is 0. The van der Waals surface area contributed by atoms with Crippen molar-refractivity contribution in [2.24, 2.45) is 0 Å². The lowest BCUT2D eigenvalue weighted by atomic mass is 10.1. The molecule has 4 aromatic rings. The molecule has 168 valence electrons. The van der Waals surface area contributed by atoms with E-state index in [0.29, 0.717) is 31.3 Å². The number of aryl methyl sites for hydroxylation is 1. The third kappa shape index (κ3) is 4.24. The predicted octanol–water partition coefficient (Wildman–Crippen LogP) is 4.48. The van der Waals surface area contributed by atoms with Gasteiger partial charge in [-0.05, 0) is 41.6 Å². The fraction of sp³-hybridized carbons (Fsp3) is 0.280. The monoisotopic (exact) mass is 442 g/mol. The number of anilines is 2. The van der Waals surface area contributed by atoms with E-state index in [1.165, 1.54) is 0 Å². The summed E-state index contributed by atoms with van der Waals surface area (Å²) in [7, 11) is 0. The Morgan fingerprint density at radius 3 is 2.82 bits per heavy atom. The molecule has 1 amide bonds. The number of pyridine rings is 1. The maximum absolute atomic E-state index is 12.9. The van der Waals surface area contributed by atoms with E-state index in [1.54, 1.807) is 13.1 Å². The second-order valence-corrected chi connectivity index (χ2v) is 8.18. The molecule has 1 aliphatic heterocycles. The van der Waals surface area contributed by atoms with Gasteiger partial charge >= 0.3 is 0 Å². The summed E-state index contributed by atoms with van der Waals surface area (Å²) in [6.07, 6.45) is 2.83. The molecule has 0 radical (unpaired) electrons. The van der Waals surface area contributed by atoms with Gasteiger partial charge in [0.15, 0.2) is 0 Å². The van der Waals surface area contributed by atoms with Crippen molar-refractivity contribution >= 4 is 28.2 Å². The SMILES string of the molecule is CCCNc1ccc2c(c1)C(=O)N(CCNc1nccc3ccc(-c4noc(C)n4)cc13)C2. The Morgan fingerprint density at radius 1 is 1.09 bits per heavy atom. The van der Waals surface area contributed by atoms with E-state index in [-0.39, 0.29) is 5.91 Å². The van der Waals surface area contributed by atoms with Gasteiger partial charge in [0.2, 0.25) is 11.7 Å². The third-order valence-electron chi connectivity index (χ3n) is 5.79. The Kier molecular flexibility index (Phi) is 5.64. The first-order valence-electron chi connectivity index (χ1n) is 11.2. The van der Waals surface area contributed by atoms with Gasteiger partial charge in [0.1, 0.15) is 5.82 Å². The van der Waals surface area contributed by atoms with Crippen LogP contribution >= 0.6 is 0 Å². The molecule has 8 nitrogen and oxygen atoms in total. The highest BCUT2D eigenvalue weighted by Crippen LogP contribution is 2.28. The molecular weight excluding hydrogens is 416 g/mol. The summed E-state index contributed by atoms with van der Waals surface area (Å²) in [5.74, 6) is 1.92. The molecule has 3 heterocycles. The lowest BCUT2D eigenvalue weighted by Crippen LogP contribution is -2.29. The Labute approximate surface area is 192 Å². The highest BCUT2D eigenvalue weighted by molar-refractivity contribution is 5.99. The lowest BCUT2D eigenvalue weighted by Gasteiger charge is -2.17. The van der Waals surface area contributed by atoms with Crippen LogP contribution in [-0.2, 0) is 6.54 Å². The molecule has 2 aromatic heterocycles. The molecule has 0 atom stereocenters. The minimum atomic E-state index is 0.0765. The number of hydrogen-bond donors (Lipinski definition) is 2. The summed E-state index contributed by atoms with van der Waals surface area (Å²) in [5, 5.41) is 12.8. The molecule has 0 bridgehead atoms. The van der Waals surface area contributed by atoms with Crippen LogP contribution in [0.4, 0.5) is 11.5 Å². The smallest absolute Gasteiger partial charge is 0.254 e. The van der Waals surface area contributed by atoms with E-state index in [1.807, 2.05) is 47.4 Å². The van der Waals surface area contributed by atoms with E-state index in [2.05, 4.69) is 32.7 Å². The van der Waals surface area contributed by atoms with Crippen LogP contribution in [0.2, 0.25) is 0 Å². The van der Waals surface area contributed by atoms with Crippen LogP contribution in [-0.4, -0.2) is 45.6 Å². The number of nitrogens with zero attached hydrogens (tertiary/aromatic N) is 4. The summed E-state index contributed by atoms with van der Waals surface area (Å²) in [5.41, 5.74) is 3.73. The maximum atomic E-state index is 12.9. The number of aromatic nitrogens is 3. The third-order valence-corrected chi connectivity index (χ3v) is 5.79. The number of amides is 1. The first-order chi connectivity index (χ1) is 16.1. The zero-order valence-corrected chi connectivity index (χ0v) is 18.8. The zero-order chi connectivity index (χ0) is 22.8. The van der Waals surface area contributed by atoms with E-state index in [0.717, 1.165) is 51.9 Å². The number of nitrogens with one attached hydrogen (secondary N) is 2. The summed E-state index contributed by atoms with van der Waals surface area (Å²) in [6, 6.07) is 14.0. The molecule has 2 aromatic carbocycles. The molecule has 0 saturated heterocycles. The van der Waals surface area contributed by atoms with Crippen molar-refractivity contribution < 1.29 is 9.32 Å². The Balaban J connectivity index is 1.28. The highest BCUT2D eigenvalue weighted by Gasteiger charge is 2.27. The quantitative estimate of drug-likeness (QED) is 0.415. The number of benzene rings is 2. The van der Waals surface area contributed by atoms with Gasteiger partial charge in [-0.15, -0.1) is 0 Å². The average Bonchev–Trinajstić information content (AvgIpc) is 3.40. The van der Waals surface area contributed by atoms with Gasteiger partial charge in [0.05, 0.1) is 0 Å². The summed E-state index contributed by atoms with van der Waals surface area (Å²) in [4.78, 5) is 23.6. The van der Waals surface area contributed by atoms with Crippen LogP contribution in [0.5, 0.6) is 0 Å². The Bertz CT molecular complexity index is 1320. The van der Waals surface area contributed by atoms with Crippen molar-refractivity contribution in [2.75, 3.05) is 30.3 Å². The van der Waals surface area contributed by atoms with Gasteiger partial charge in [-0.25, -0.2) is 4.98 Å². The van der Waals surface area contributed by atoms with Crippen molar-refractivity contribution in [3.8, 4) is 11.4 Å². The molecule has 8 heteroatoms. The van der Waals surface area contributed by atoms with Crippen LogP contribution in [0.1, 0.15) is 35.2 Å². The fourth-order valence-electron chi connectivity index (χ4n) is 4.10. The van der Waals surface area contributed by atoms with Crippen molar-refractivity contribution in [1.82, 2.24) is 20.0 Å². The van der Waals surface area contributed by atoms with Crippen LogP contribution in [0.15, 0.2) is 53.2 Å². The normalized spacial score (nSPS) is 12.9. The first kappa shape index (κ1) is 20.9. The van der Waals surface area contributed by atoms with Crippen LogP contribution in [0, 0.1) is 6.92 Å². The number of fused-ring (bicyclic) bond motifs is 2. The number of hydrogen-bond acceptors (Lipinski definition) is 7. The number of carbonyl (C=O) groups is 1. The molecule has 2 N–H and O–H groups in total. The van der Waals surface area contributed by atoms with Gasteiger partial charge in [-0.3, -0.25) is 4.79 Å². The molecule has 0 saturated carbocycles. The van der Waals surface area contributed by atoms with Crippen LogP contribution in [0.25, 0.3) is 22.2 Å². The predicted molar refractivity (Wildman–Crippen MR) is 128 cm³/mol.